The van der Waals surface area contributed by atoms with Gasteiger partial charge in [0.2, 0.25) is 0 Å². The molecular weight excluding hydrogens is 283 g/mol. The Kier molecular flexibility index (Phi) is 5.19. The largest absolute Gasteiger partial charge is 0.366 e. The van der Waals surface area contributed by atoms with Gasteiger partial charge in [-0.15, -0.1) is 6.58 Å². The molecule has 2 aromatic rings. The van der Waals surface area contributed by atoms with Gasteiger partial charge in [0.15, 0.2) is 0 Å². The lowest BCUT2D eigenvalue weighted by molar-refractivity contribution is 0.0952. The molecule has 2 N–H and O–H groups in total. The zero-order valence-corrected chi connectivity index (χ0v) is 12.3. The number of anilines is 1. The van der Waals surface area contributed by atoms with Gasteiger partial charge < -0.3 is 10.6 Å². The molecule has 1 aromatic carbocycles. The minimum atomic E-state index is -0.282. The van der Waals surface area contributed by atoms with Gasteiger partial charge in [-0.3, -0.25) is 4.79 Å². The van der Waals surface area contributed by atoms with Crippen molar-refractivity contribution in [2.24, 2.45) is 0 Å². The Balaban J connectivity index is 2.07. The Morgan fingerprint density at radius 2 is 2.05 bits per heavy atom. The van der Waals surface area contributed by atoms with E-state index in [-0.39, 0.29) is 17.4 Å². The normalized spacial score (nSPS) is 10.1. The second-order valence-corrected chi connectivity index (χ2v) is 4.66. The fourth-order valence-corrected chi connectivity index (χ4v) is 1.82. The lowest BCUT2D eigenvalue weighted by Crippen LogP contribution is -2.24. The molecule has 0 fully saturated rings. The van der Waals surface area contributed by atoms with Crippen LogP contribution in [0.1, 0.15) is 21.9 Å². The number of benzene rings is 1. The van der Waals surface area contributed by atoms with Gasteiger partial charge in [0.25, 0.3) is 5.91 Å². The summed E-state index contributed by atoms with van der Waals surface area (Å²) in [6.45, 7) is 6.11. The summed E-state index contributed by atoms with van der Waals surface area (Å²) in [5.41, 5.74) is 1.20. The Morgan fingerprint density at radius 1 is 1.32 bits per heavy atom. The van der Waals surface area contributed by atoms with E-state index in [2.05, 4.69) is 27.2 Å². The van der Waals surface area contributed by atoms with Crippen LogP contribution in [0.2, 0.25) is 0 Å². The summed E-state index contributed by atoms with van der Waals surface area (Å²) in [4.78, 5) is 20.2. The standard InChI is InChI=1S/C16H17FN4O/c1-3-8-18-16(22)14-9-15(21-11(2)20-14)19-10-12-4-6-13(17)7-5-12/h3-7,9H,1,8,10H2,2H3,(H,18,22)(H,19,20,21). The molecule has 1 amide bonds. The number of hydrogen-bond acceptors (Lipinski definition) is 4. The molecule has 0 spiro atoms. The molecule has 114 valence electrons. The average molecular weight is 300 g/mol. The minimum absolute atomic E-state index is 0.275. The molecule has 0 bridgehead atoms. The highest BCUT2D eigenvalue weighted by atomic mass is 19.1. The quantitative estimate of drug-likeness (QED) is 0.804. The maximum atomic E-state index is 12.9. The lowest BCUT2D eigenvalue weighted by atomic mass is 10.2. The number of nitrogens with zero attached hydrogens (tertiary/aromatic N) is 2. The Labute approximate surface area is 128 Å². The van der Waals surface area contributed by atoms with Crippen molar-refractivity contribution in [3.05, 3.63) is 65.9 Å². The summed E-state index contributed by atoms with van der Waals surface area (Å²) in [5, 5.41) is 5.77. The fraction of sp³-hybridized carbons (Fsp3) is 0.188. The first-order valence-electron chi connectivity index (χ1n) is 6.81. The van der Waals surface area contributed by atoms with Gasteiger partial charge in [-0.05, 0) is 24.6 Å². The predicted molar refractivity (Wildman–Crippen MR) is 83.0 cm³/mol. The fourth-order valence-electron chi connectivity index (χ4n) is 1.82. The molecule has 1 heterocycles. The van der Waals surface area contributed by atoms with Crippen molar-refractivity contribution in [3.63, 3.8) is 0 Å². The van der Waals surface area contributed by atoms with Crippen molar-refractivity contribution in [1.82, 2.24) is 15.3 Å². The van der Waals surface area contributed by atoms with Crippen LogP contribution in [0.25, 0.3) is 0 Å². The molecule has 6 heteroatoms. The average Bonchev–Trinajstić information content (AvgIpc) is 2.51. The maximum Gasteiger partial charge on any atom is 0.270 e. The summed E-state index contributed by atoms with van der Waals surface area (Å²) in [7, 11) is 0. The third kappa shape index (κ3) is 4.37. The summed E-state index contributed by atoms with van der Waals surface area (Å²) < 4.78 is 12.9. The van der Waals surface area contributed by atoms with Crippen LogP contribution < -0.4 is 10.6 Å². The van der Waals surface area contributed by atoms with E-state index < -0.39 is 0 Å². The van der Waals surface area contributed by atoms with Gasteiger partial charge in [0.05, 0.1) is 0 Å². The third-order valence-electron chi connectivity index (χ3n) is 2.86. The first-order valence-corrected chi connectivity index (χ1v) is 6.81. The molecule has 0 saturated carbocycles. The van der Waals surface area contributed by atoms with Gasteiger partial charge in [0, 0.05) is 19.2 Å². The number of halogens is 1. The van der Waals surface area contributed by atoms with Gasteiger partial charge in [-0.1, -0.05) is 18.2 Å². The van der Waals surface area contributed by atoms with E-state index >= 15 is 0 Å². The van der Waals surface area contributed by atoms with Gasteiger partial charge >= 0.3 is 0 Å². The highest BCUT2D eigenvalue weighted by molar-refractivity contribution is 5.93. The molecule has 5 nitrogen and oxygen atoms in total. The van der Waals surface area contributed by atoms with Crippen LogP contribution in [0.15, 0.2) is 43.0 Å². The Hall–Kier alpha value is -2.76. The number of amides is 1. The van der Waals surface area contributed by atoms with E-state index in [0.29, 0.717) is 24.7 Å². The zero-order chi connectivity index (χ0) is 15.9. The number of rotatable bonds is 6. The molecule has 0 radical (unpaired) electrons. The number of aromatic nitrogens is 2. The number of carbonyl (C=O) groups excluding carboxylic acids is 1. The number of nitrogens with one attached hydrogen (secondary N) is 2. The highest BCUT2D eigenvalue weighted by Gasteiger charge is 2.09. The second-order valence-electron chi connectivity index (χ2n) is 4.66. The van der Waals surface area contributed by atoms with Crippen molar-refractivity contribution in [1.29, 1.82) is 0 Å². The molecule has 0 atom stereocenters. The van der Waals surface area contributed by atoms with Crippen LogP contribution in [0.3, 0.4) is 0 Å². The Bertz CT molecular complexity index is 670. The van der Waals surface area contributed by atoms with Crippen LogP contribution in [0, 0.1) is 12.7 Å². The van der Waals surface area contributed by atoms with Crippen molar-refractivity contribution < 1.29 is 9.18 Å². The van der Waals surface area contributed by atoms with Gasteiger partial charge in [-0.2, -0.15) is 0 Å². The van der Waals surface area contributed by atoms with E-state index in [1.54, 1.807) is 31.2 Å². The smallest absolute Gasteiger partial charge is 0.270 e. The van der Waals surface area contributed by atoms with Crippen molar-refractivity contribution in [2.45, 2.75) is 13.5 Å². The Morgan fingerprint density at radius 3 is 2.73 bits per heavy atom. The number of carbonyl (C=O) groups is 1. The molecule has 0 aliphatic rings. The second kappa shape index (κ2) is 7.31. The monoisotopic (exact) mass is 300 g/mol. The molecular formula is C16H17FN4O. The number of hydrogen-bond donors (Lipinski definition) is 2. The summed E-state index contributed by atoms with van der Waals surface area (Å²) >= 11 is 0. The molecule has 0 saturated heterocycles. The van der Waals surface area contributed by atoms with Crippen LogP contribution in [-0.2, 0) is 6.54 Å². The molecule has 0 unspecified atom stereocenters. The number of aryl methyl sites for hydroxylation is 1. The summed E-state index contributed by atoms with van der Waals surface area (Å²) in [6.07, 6.45) is 1.60. The third-order valence-corrected chi connectivity index (χ3v) is 2.86. The minimum Gasteiger partial charge on any atom is -0.366 e. The van der Waals surface area contributed by atoms with Gasteiger partial charge in [0.1, 0.15) is 23.2 Å². The van der Waals surface area contributed by atoms with Crippen molar-refractivity contribution >= 4 is 11.7 Å². The summed E-state index contributed by atoms with van der Waals surface area (Å²) in [6, 6.07) is 7.75. The lowest BCUT2D eigenvalue weighted by Gasteiger charge is -2.09. The molecule has 0 aliphatic carbocycles. The van der Waals surface area contributed by atoms with Crippen LogP contribution in [0.4, 0.5) is 10.2 Å². The van der Waals surface area contributed by atoms with E-state index in [4.69, 9.17) is 0 Å². The first kappa shape index (κ1) is 15.6. The summed E-state index contributed by atoms with van der Waals surface area (Å²) in [5.74, 6) is 0.478. The van der Waals surface area contributed by atoms with Crippen molar-refractivity contribution in [2.75, 3.05) is 11.9 Å². The van der Waals surface area contributed by atoms with Crippen molar-refractivity contribution in [3.8, 4) is 0 Å². The van der Waals surface area contributed by atoms with Crippen LogP contribution >= 0.6 is 0 Å². The maximum absolute atomic E-state index is 12.9. The molecule has 0 aliphatic heterocycles. The van der Waals surface area contributed by atoms with Crippen LogP contribution in [-0.4, -0.2) is 22.4 Å². The topological polar surface area (TPSA) is 66.9 Å². The van der Waals surface area contributed by atoms with Crippen LogP contribution in [0.5, 0.6) is 0 Å². The molecule has 2 rings (SSSR count). The van der Waals surface area contributed by atoms with E-state index in [0.717, 1.165) is 5.56 Å². The van der Waals surface area contributed by atoms with E-state index in [1.165, 1.54) is 12.1 Å². The molecule has 22 heavy (non-hydrogen) atoms. The predicted octanol–water partition coefficient (Wildman–Crippen LogP) is 2.45. The highest BCUT2D eigenvalue weighted by Crippen LogP contribution is 2.10. The van der Waals surface area contributed by atoms with E-state index in [9.17, 15) is 9.18 Å². The first-order chi connectivity index (χ1) is 10.6. The van der Waals surface area contributed by atoms with E-state index in [1.807, 2.05) is 0 Å². The molecule has 1 aromatic heterocycles. The van der Waals surface area contributed by atoms with Gasteiger partial charge in [-0.25, -0.2) is 14.4 Å². The SMILES string of the molecule is C=CCNC(=O)c1cc(NCc2ccc(F)cc2)nc(C)n1. The zero-order valence-electron chi connectivity index (χ0n) is 12.3.